The van der Waals surface area contributed by atoms with Crippen molar-refractivity contribution < 1.29 is 24.4 Å². The monoisotopic (exact) mass is 1470 g/mol. The topological polar surface area (TPSA) is 335 Å². The summed E-state index contributed by atoms with van der Waals surface area (Å²) in [4.78, 5) is 18.6. The molecule has 6 aliphatic rings. The number of likely N-dealkylation sites (tertiary alicyclic amines) is 2. The molecular weight excluding hydrogens is 1390 g/mol. The average Bonchev–Trinajstić information content (AvgIpc) is 1.51. The fraction of sp³-hybridized carbons (Fsp3) is 0.455. The molecule has 0 spiro atoms. The lowest BCUT2D eigenvalue weighted by Gasteiger charge is -2.31. The second-order valence-corrected chi connectivity index (χ2v) is 28.6. The maximum absolute atomic E-state index is 9.10. The highest BCUT2D eigenvalue weighted by atomic mass is 79.9. The minimum absolute atomic E-state index is 0.0162. The molecule has 2 radical (unpaired) electrons. The van der Waals surface area contributed by atoms with E-state index in [9.17, 15) is 0 Å². The van der Waals surface area contributed by atoms with E-state index in [-0.39, 0.29) is 5.61 Å². The Bertz CT molecular complexity index is 4230. The molecule has 0 amide bonds. The largest absolute Gasteiger partial charge is 0.405 e. The molecular formula is C66H83BBr3N19O5. The van der Waals surface area contributed by atoms with E-state index in [1.807, 2.05) is 62.7 Å². The molecule has 24 nitrogen and oxygen atoms in total. The Morgan fingerprint density at radius 2 is 0.979 bits per heavy atom. The predicted molar refractivity (Wildman–Crippen MR) is 384 cm³/mol. The smallest absolute Gasteiger partial charge is 0.152 e. The molecule has 6 aliphatic heterocycles. The van der Waals surface area contributed by atoms with Crippen LogP contribution in [0.2, 0.25) is 0 Å². The fourth-order valence-corrected chi connectivity index (χ4v) is 13.6. The Kier molecular flexibility index (Phi) is 22.0. The molecule has 28 heteroatoms. The lowest BCUT2D eigenvalue weighted by Crippen LogP contribution is -2.44. The van der Waals surface area contributed by atoms with E-state index in [1.54, 1.807) is 33.9 Å². The standard InChI is InChI=1S/C21H23N7O.C18H20BrN5O.C12H10Br2N4.C6H11NO.C6H14O2.C3H5BN2/c22-21-20-17(16-2-1-13(7-19(16)24-21)18-3-4-23-25-18)10-28(26-20)6-5-27-8-14-11-29-12-15(14)9-27;19-13-1-2-14-15-8-24(22-17(15)18(20)21-16(14)5-13)4-3-23-6-11-9-25-10-12(11)7-23;13-3-4-18-6-9-8-2-1-7(14)5-10(8)16-12(15)11(9)17-18;1-5-3-8-4-6(5)2-7-1;1-5(2,7)6(3,4)8;4-3(6)1-2-5/h1-4,7,10,14-15H,5-6,8-9,11-12H2,(H2,22,24)(H,23,25);1-2,5,8,11-12H,3-4,6-7,9-10H2,(H2,20,21);1-2,5-6H,3-4H2,(H2,15,16);5-7H,1-4H2;7-8H,1-4H3;1-2,6H,5H2/b;;;;;2-1-,6-3?. The number of halogens is 3. The Balaban J connectivity index is 0.000000126. The summed E-state index contributed by atoms with van der Waals surface area (Å²) in [5.41, 5.74) is 28.1. The summed E-state index contributed by atoms with van der Waals surface area (Å²) in [5.74, 6) is 5.99. The van der Waals surface area contributed by atoms with Crippen LogP contribution in [0, 0.1) is 40.9 Å². The first-order chi connectivity index (χ1) is 45.1. The minimum atomic E-state index is -1.01. The molecule has 7 aromatic heterocycles. The molecule has 3 aromatic carbocycles. The number of nitrogens with two attached hydrogens (primary N) is 4. The van der Waals surface area contributed by atoms with Crippen LogP contribution in [0.4, 0.5) is 17.5 Å². The summed E-state index contributed by atoms with van der Waals surface area (Å²) in [5, 5.41) is 56.2. The molecule has 0 saturated carbocycles. The summed E-state index contributed by atoms with van der Waals surface area (Å²) >= 11 is 10.3. The van der Waals surface area contributed by atoms with Crippen molar-refractivity contribution in [1.29, 1.82) is 5.41 Å². The molecule has 6 atom stereocenters. The maximum atomic E-state index is 9.10. The zero-order valence-electron chi connectivity index (χ0n) is 53.4. The number of aromatic amines is 1. The predicted octanol–water partition coefficient (Wildman–Crippen LogP) is 7.95. The van der Waals surface area contributed by atoms with Gasteiger partial charge in [-0.1, -0.05) is 72.1 Å². The SMILES string of the molecule is C1NCC2COCC12.CC(C)(O)C(C)(C)O.Nc1nc2cc(-c3ccn[nH]3)ccc2c2cn(CCN3CC4COCC4C3)nc12.Nc1nc2cc(Br)ccc2c2cn(CCBr)nc12.Nc1nc2cc(Br)ccc2c2cn(CCN3CC4COCC4C3)nc12.[B]C(=N)/C=C\N. The van der Waals surface area contributed by atoms with Crippen molar-refractivity contribution in [2.24, 2.45) is 41.2 Å². The van der Waals surface area contributed by atoms with Crippen LogP contribution in [0.5, 0.6) is 0 Å². The number of fused-ring (bicyclic) bond motifs is 12. The number of aromatic nitrogens is 11. The molecule has 6 fully saturated rings. The third-order valence-corrected chi connectivity index (χ3v) is 19.8. The fourth-order valence-electron chi connectivity index (χ4n) is 12.6. The van der Waals surface area contributed by atoms with Gasteiger partial charge < -0.3 is 67.9 Å². The zero-order chi connectivity index (χ0) is 66.4. The Morgan fingerprint density at radius 3 is 1.34 bits per heavy atom. The van der Waals surface area contributed by atoms with Crippen molar-refractivity contribution in [2.45, 2.75) is 58.5 Å². The van der Waals surface area contributed by atoms with Gasteiger partial charge in [-0.15, -0.1) is 0 Å². The second-order valence-electron chi connectivity index (χ2n) is 26.0. The van der Waals surface area contributed by atoms with Crippen molar-refractivity contribution in [3.8, 4) is 11.3 Å². The van der Waals surface area contributed by atoms with Crippen molar-refractivity contribution in [2.75, 3.05) is 115 Å². The molecule has 0 aliphatic carbocycles. The zero-order valence-corrected chi connectivity index (χ0v) is 58.2. The molecule has 496 valence electrons. The van der Waals surface area contributed by atoms with E-state index in [0.29, 0.717) is 29.3 Å². The lowest BCUT2D eigenvalue weighted by molar-refractivity contribution is -0.107. The molecule has 94 heavy (non-hydrogen) atoms. The van der Waals surface area contributed by atoms with Gasteiger partial charge in [0.1, 0.15) is 24.4 Å². The molecule has 16 rings (SSSR count). The number of benzene rings is 3. The highest BCUT2D eigenvalue weighted by molar-refractivity contribution is 9.10. The molecule has 13 heterocycles. The number of aryl methyl sites for hydroxylation is 1. The highest BCUT2D eigenvalue weighted by Gasteiger charge is 2.38. The van der Waals surface area contributed by atoms with Crippen LogP contribution in [0.3, 0.4) is 0 Å². The number of allylic oxidation sites excluding steroid dienone is 1. The number of alkyl halides is 1. The number of ether oxygens (including phenoxy) is 3. The maximum Gasteiger partial charge on any atom is 0.152 e. The quantitative estimate of drug-likeness (QED) is 0.0337. The number of hydrogen-bond acceptors (Lipinski definition) is 20. The van der Waals surface area contributed by atoms with Crippen molar-refractivity contribution in [3.63, 3.8) is 0 Å². The van der Waals surface area contributed by atoms with Crippen molar-refractivity contribution in [1.82, 2.24) is 69.6 Å². The Morgan fingerprint density at radius 1 is 0.585 bits per heavy atom. The molecule has 6 saturated heterocycles. The number of nitrogens with one attached hydrogen (secondary N) is 3. The Labute approximate surface area is 572 Å². The van der Waals surface area contributed by atoms with E-state index in [4.69, 9.17) is 65.7 Å². The van der Waals surface area contributed by atoms with Crippen molar-refractivity contribution in [3.05, 3.63) is 107 Å². The van der Waals surface area contributed by atoms with Gasteiger partial charge in [0, 0.05) is 165 Å². The average molecular weight is 1470 g/mol. The summed E-state index contributed by atoms with van der Waals surface area (Å²) < 4.78 is 24.3. The number of nitrogen functional groups attached to an aromatic ring is 3. The van der Waals surface area contributed by atoms with Crippen LogP contribution in [-0.2, 0) is 33.8 Å². The summed E-state index contributed by atoms with van der Waals surface area (Å²) in [6.45, 7) is 23.5. The van der Waals surface area contributed by atoms with E-state index < -0.39 is 11.2 Å². The van der Waals surface area contributed by atoms with Crippen LogP contribution >= 0.6 is 47.8 Å². The van der Waals surface area contributed by atoms with Crippen molar-refractivity contribution >= 4 is 144 Å². The summed E-state index contributed by atoms with van der Waals surface area (Å²) in [6, 6.07) is 20.3. The normalized spacial score (nSPS) is 20.9. The first-order valence-electron chi connectivity index (χ1n) is 31.7. The minimum Gasteiger partial charge on any atom is -0.405 e. The third kappa shape index (κ3) is 16.4. The van der Waals surface area contributed by atoms with Gasteiger partial charge >= 0.3 is 0 Å². The summed E-state index contributed by atoms with van der Waals surface area (Å²) in [6.07, 6.45) is 10.5. The first kappa shape index (κ1) is 68.7. The van der Waals surface area contributed by atoms with Crippen LogP contribution in [0.25, 0.3) is 76.7 Å². The van der Waals surface area contributed by atoms with Crippen LogP contribution in [0.15, 0.2) is 107 Å². The first-order valence-corrected chi connectivity index (χ1v) is 34.4. The van der Waals surface area contributed by atoms with Gasteiger partial charge in [-0.05, 0) is 82.0 Å². The van der Waals surface area contributed by atoms with E-state index in [0.717, 1.165) is 213 Å². The number of H-pyrrole nitrogens is 1. The summed E-state index contributed by atoms with van der Waals surface area (Å²) in [7, 11) is 4.82. The van der Waals surface area contributed by atoms with Gasteiger partial charge in [-0.3, -0.25) is 19.1 Å². The number of nitrogens with zero attached hydrogens (tertiary/aromatic N) is 12. The van der Waals surface area contributed by atoms with Crippen LogP contribution in [-0.4, -0.2) is 196 Å². The number of pyridine rings is 3. The van der Waals surface area contributed by atoms with Gasteiger partial charge in [0.05, 0.1) is 92.7 Å². The van der Waals surface area contributed by atoms with Gasteiger partial charge in [0.2, 0.25) is 0 Å². The molecule has 10 aromatic rings. The number of rotatable bonds is 11. The molecule has 6 unspecified atom stereocenters. The van der Waals surface area contributed by atoms with Crippen LogP contribution < -0.4 is 28.3 Å². The second kappa shape index (κ2) is 30.2. The van der Waals surface area contributed by atoms with Gasteiger partial charge in [0.25, 0.3) is 0 Å². The van der Waals surface area contributed by atoms with Gasteiger partial charge in [0.15, 0.2) is 17.5 Å². The highest BCUT2D eigenvalue weighted by Crippen LogP contribution is 2.35. The van der Waals surface area contributed by atoms with Crippen LogP contribution in [0.1, 0.15) is 27.7 Å². The van der Waals surface area contributed by atoms with E-state index in [2.05, 4.69) is 129 Å². The van der Waals surface area contributed by atoms with E-state index >= 15 is 0 Å². The number of hydrogen-bond donors (Lipinski definition) is 9. The third-order valence-electron chi connectivity index (χ3n) is 18.5. The lowest BCUT2D eigenvalue weighted by atomic mass is 9.90. The van der Waals surface area contributed by atoms with E-state index in [1.165, 1.54) is 25.4 Å². The molecule has 13 N–H and O–H groups in total. The van der Waals surface area contributed by atoms with Gasteiger partial charge in [-0.25, -0.2) is 15.0 Å². The molecule has 0 bridgehead atoms. The number of anilines is 3. The van der Waals surface area contributed by atoms with Gasteiger partial charge in [-0.2, -0.15) is 20.4 Å². The Hall–Kier alpha value is -6.70. The number of aliphatic hydroxyl groups is 2.